The highest BCUT2D eigenvalue weighted by Gasteiger charge is 2.72. The number of carbonyl (C=O) groups is 2. The lowest BCUT2D eigenvalue weighted by molar-refractivity contribution is -0.157. The third-order valence-electron chi connectivity index (χ3n) is 48.5. The fraction of sp³-hybridized carbons (Fsp3) is 0.821. The maximum atomic E-state index is 11.9. The number of furan rings is 5. The van der Waals surface area contributed by atoms with Crippen molar-refractivity contribution in [3.63, 3.8) is 0 Å². The molecule has 0 radical (unpaired) electrons. The first-order valence-electron chi connectivity index (χ1n) is 58.4. The van der Waals surface area contributed by atoms with E-state index in [1.807, 2.05) is 60.7 Å². The number of azide groups is 1. The average molecular weight is 2060 g/mol. The predicted molar refractivity (Wildman–Crippen MR) is 569 cm³/mol. The first kappa shape index (κ1) is 115. The highest BCUT2D eigenvalue weighted by atomic mass is 16.5. The molecule has 0 aromatic carbocycles. The van der Waals surface area contributed by atoms with E-state index in [1.54, 1.807) is 31.3 Å². The molecule has 25 heteroatoms. The molecule has 5 aromatic heterocycles. The number of aliphatic hydroxyl groups is 11. The molecular weight excluding hydrogens is 1870 g/mol. The van der Waals surface area contributed by atoms with Crippen molar-refractivity contribution in [2.24, 2.45) is 213 Å². The fourth-order valence-corrected chi connectivity index (χ4v) is 38.9. The first-order valence-corrected chi connectivity index (χ1v) is 58.4. The standard InChI is InChI=1S/C26H39N3O4.C26H41NO4.2C24H38O4.C23H37NO4/c1-17-7-10-24(3,19(14-17)16-33-18(2)30)21-8-11-25(4)22(20(21)15-28-29-27)9-12-26(25,31)23-6-5-13-32-23;1-17-7-10-24(3,19(14-17)16-31-18(2)28)21-8-11-25(4)22(20(21)15-27)9-12-26(25,29)23-6-5-13-30-23;2*1-16-6-9-22(2,17(13-16)14-25)19-7-10-23(3)20(18(19)15-26)8-11-24(23,27)21-5-4-12-28-21;1-21(8-5-16(26)12-15(21)14-25)18-6-9-22(2)19(17(18)13-24)7-10-23(22,27)20-4-3-11-28-20/h5-6,13,17,19-22,31H,7-12,14-16H2,1-4H3;5-6,13,17,19-22,29H,7-12,14-16,27H2,1-4H3;2*4-5,12,16-20,25-27H,6-11,13-15H2,1-3H3;3-4,11,15-19,25-27H,5-10,12-14,24H2,1-2H3/t2*17-,19+,20+,21-,22-,24-,25-,26+;2*16-,17+,18+,19-,20-,22-,23-,24+;15-,16+,17-,18+,19+,21+,22+,23-/m00001/s1. The molecule has 5 heterocycles. The van der Waals surface area contributed by atoms with E-state index in [1.165, 1.54) is 33.1 Å². The van der Waals surface area contributed by atoms with E-state index in [0.29, 0.717) is 194 Å². The summed E-state index contributed by atoms with van der Waals surface area (Å²) in [5.74, 6) is 11.8. The number of nitrogens with zero attached hydrogens (tertiary/aromatic N) is 3. The van der Waals surface area contributed by atoms with Gasteiger partial charge in [-0.15, -0.1) is 0 Å². The summed E-state index contributed by atoms with van der Waals surface area (Å²) in [5, 5.41) is 124. The van der Waals surface area contributed by atoms with Crippen LogP contribution in [0.4, 0.5) is 0 Å². The van der Waals surface area contributed by atoms with Crippen LogP contribution in [0.25, 0.3) is 10.4 Å². The van der Waals surface area contributed by atoms with Gasteiger partial charge in [-0.25, -0.2) is 0 Å². The molecule has 15 aliphatic carbocycles. The molecule has 40 atom stereocenters. The van der Waals surface area contributed by atoms with Gasteiger partial charge in [0.05, 0.1) is 50.6 Å². The van der Waals surface area contributed by atoms with Crippen LogP contribution in [0, 0.1) is 196 Å². The van der Waals surface area contributed by atoms with Crippen molar-refractivity contribution in [1.29, 1.82) is 0 Å². The van der Waals surface area contributed by atoms with Gasteiger partial charge in [-0.1, -0.05) is 128 Å². The second-order valence-electron chi connectivity index (χ2n) is 54.4. The van der Waals surface area contributed by atoms with Crippen LogP contribution in [0.5, 0.6) is 0 Å². The summed E-state index contributed by atoms with van der Waals surface area (Å²) >= 11 is 0. The summed E-state index contributed by atoms with van der Waals surface area (Å²) in [7, 11) is 0. The monoisotopic (exact) mass is 2060 g/mol. The van der Waals surface area contributed by atoms with Crippen LogP contribution in [0.3, 0.4) is 0 Å². The SMILES string of the molecule is CC(=O)OC[C@H]1C[C@@H](C)CC[C@]1(C)[C@H]1CC[C@@]2(C)[C@@H](CC[C@@]2(O)c2ccco2)[C@@H]1CN.CC(=O)OC[C@H]1C[C@@H](C)CC[C@]1(C)[C@H]1CC[C@@]2(C)[C@@H](CC[C@@]2(O)c2ccco2)[C@@H]1CN=[N+]=[N-].C[C@H]1CC[C@](C)([C@H]2CC[C@@]3(C)[C@@H](CC[C@@]3(O)c3ccco3)[C@@H]2CO)[C@@H](CO)C1.C[C@H]1CC[C@](C)([C@H]2CC[C@@]3(C)[C@@H](CC[C@@]3(O)c3ccco3)[C@@H]2CO)[C@@H](CO)C1.C[C@]1([C@H]2CC[C@@]3(C)[C@@H](CC[C@@]3(O)c3ccco3)[C@@H]2CN)CC[C@H](O)C[C@@H]1CO. The Morgan fingerprint density at radius 1 is 0.331 bits per heavy atom. The minimum absolute atomic E-state index is 0.00429. The van der Waals surface area contributed by atoms with Gasteiger partial charge in [-0.2, -0.15) is 0 Å². The minimum Gasteiger partial charge on any atom is -0.466 e. The molecule has 15 aliphatic rings. The van der Waals surface area contributed by atoms with E-state index in [4.69, 9.17) is 43.0 Å². The summed E-state index contributed by atoms with van der Waals surface area (Å²) in [6.45, 7) is 38.7. The lowest BCUT2D eigenvalue weighted by Gasteiger charge is -2.58. The van der Waals surface area contributed by atoms with Crippen LogP contribution in [0.15, 0.2) is 119 Å². The molecule has 0 unspecified atom stereocenters. The van der Waals surface area contributed by atoms with Crippen molar-refractivity contribution < 1.29 is 97.3 Å². The van der Waals surface area contributed by atoms with Crippen LogP contribution in [-0.4, -0.2) is 140 Å². The van der Waals surface area contributed by atoms with Gasteiger partial charge in [0.2, 0.25) is 0 Å². The highest BCUT2D eigenvalue weighted by molar-refractivity contribution is 5.66. The van der Waals surface area contributed by atoms with Crippen LogP contribution < -0.4 is 11.5 Å². The number of ether oxygens (including phenoxy) is 2. The first-order chi connectivity index (χ1) is 70.2. The molecule has 15 fully saturated rings. The molecule has 0 bridgehead atoms. The zero-order valence-electron chi connectivity index (χ0n) is 93.0. The van der Waals surface area contributed by atoms with Crippen molar-refractivity contribution in [2.45, 2.75) is 370 Å². The van der Waals surface area contributed by atoms with Crippen molar-refractivity contribution >= 4 is 11.9 Å². The molecule has 148 heavy (non-hydrogen) atoms. The molecule has 15 saturated carbocycles. The summed E-state index contributed by atoms with van der Waals surface area (Å²) in [6, 6.07) is 18.8. The Balaban J connectivity index is 0.000000132. The van der Waals surface area contributed by atoms with Crippen LogP contribution in [0.2, 0.25) is 0 Å². The van der Waals surface area contributed by atoms with Gasteiger partial charge in [-0.05, 0) is 447 Å². The van der Waals surface area contributed by atoms with Crippen LogP contribution in [-0.2, 0) is 47.1 Å². The fourth-order valence-electron chi connectivity index (χ4n) is 38.9. The number of carbonyl (C=O) groups excluding carboxylic acids is 2. The van der Waals surface area contributed by atoms with Gasteiger partial charge >= 0.3 is 11.9 Å². The molecule has 25 nitrogen and oxygen atoms in total. The van der Waals surface area contributed by atoms with Crippen molar-refractivity contribution in [3.05, 3.63) is 131 Å². The van der Waals surface area contributed by atoms with Gasteiger partial charge in [0.1, 0.15) is 56.8 Å². The van der Waals surface area contributed by atoms with Gasteiger partial charge < -0.3 is 99.2 Å². The minimum atomic E-state index is -1.00. The van der Waals surface area contributed by atoms with E-state index < -0.39 is 28.0 Å². The molecule has 830 valence electrons. The zero-order chi connectivity index (χ0) is 107. The van der Waals surface area contributed by atoms with Crippen LogP contribution >= 0.6 is 0 Å². The van der Waals surface area contributed by atoms with Crippen molar-refractivity contribution in [1.82, 2.24) is 0 Å². The Kier molecular flexibility index (Phi) is 34.6. The number of esters is 2. The smallest absolute Gasteiger partial charge is 0.302 e. The van der Waals surface area contributed by atoms with Gasteiger partial charge in [0, 0.05) is 85.4 Å². The van der Waals surface area contributed by atoms with E-state index in [-0.39, 0.29) is 147 Å². The van der Waals surface area contributed by atoms with E-state index in [9.17, 15) is 71.3 Å². The number of rotatable bonds is 23. The highest BCUT2D eigenvalue weighted by Crippen LogP contribution is 2.75. The summed E-state index contributed by atoms with van der Waals surface area (Å²) in [4.78, 5) is 26.3. The Morgan fingerprint density at radius 2 is 0.561 bits per heavy atom. The molecule has 0 spiro atoms. The molecule has 0 aliphatic heterocycles. The summed E-state index contributed by atoms with van der Waals surface area (Å²) in [5.41, 5.74) is 16.2. The lowest BCUT2D eigenvalue weighted by Crippen LogP contribution is -2.55. The van der Waals surface area contributed by atoms with E-state index >= 15 is 0 Å². The number of aliphatic hydroxyl groups excluding tert-OH is 6. The van der Waals surface area contributed by atoms with Crippen molar-refractivity contribution in [2.75, 3.05) is 65.9 Å². The third kappa shape index (κ3) is 19.6. The maximum absolute atomic E-state index is 11.9. The largest absolute Gasteiger partial charge is 0.466 e. The topological polar surface area (TPSA) is 442 Å². The molecule has 0 amide bonds. The molecule has 5 aromatic rings. The Morgan fingerprint density at radius 3 is 0.804 bits per heavy atom. The predicted octanol–water partition coefficient (Wildman–Crippen LogP) is 22.8. The lowest BCUT2D eigenvalue weighted by atomic mass is 9.48. The summed E-state index contributed by atoms with van der Waals surface area (Å²) in [6.07, 6.45) is 41.9. The molecular formula is C123H193N5O20. The molecule has 20 rings (SSSR count). The average Bonchev–Trinajstić information content (AvgIpc) is 1.56. The van der Waals surface area contributed by atoms with E-state index in [2.05, 4.69) is 107 Å². The summed E-state index contributed by atoms with van der Waals surface area (Å²) < 4.78 is 39.5. The van der Waals surface area contributed by atoms with Crippen LogP contribution in [0.1, 0.15) is 364 Å². The number of hydrogen-bond acceptors (Lipinski definition) is 23. The number of nitrogens with two attached hydrogens (primary N) is 2. The second kappa shape index (κ2) is 44.7. The van der Waals surface area contributed by atoms with E-state index in [0.717, 1.165) is 173 Å². The molecule has 0 saturated heterocycles. The third-order valence-corrected chi connectivity index (χ3v) is 48.5. The van der Waals surface area contributed by atoms with Gasteiger partial charge in [0.25, 0.3) is 0 Å². The Hall–Kier alpha value is -5.87. The Bertz CT molecular complexity index is 4870. The zero-order valence-corrected chi connectivity index (χ0v) is 93.0. The normalized spacial score (nSPS) is 46.9. The Labute approximate surface area is 883 Å². The quantitative estimate of drug-likeness (QED) is 0.0125. The van der Waals surface area contributed by atoms with Gasteiger partial charge in [0.15, 0.2) is 0 Å². The maximum Gasteiger partial charge on any atom is 0.302 e. The number of hydrogen-bond donors (Lipinski definition) is 13. The van der Waals surface area contributed by atoms with Crippen molar-refractivity contribution in [3.8, 4) is 0 Å². The second-order valence-corrected chi connectivity index (χ2v) is 54.4. The number of fused-ring (bicyclic) bond motifs is 5. The van der Waals surface area contributed by atoms with Gasteiger partial charge in [-0.3, -0.25) is 9.59 Å². The molecule has 15 N–H and O–H groups in total.